The fourth-order valence-electron chi connectivity index (χ4n) is 1.34. The van der Waals surface area contributed by atoms with Crippen LogP contribution < -0.4 is 5.32 Å². The maximum atomic E-state index is 3.47. The van der Waals surface area contributed by atoms with Crippen LogP contribution in [0.5, 0.6) is 0 Å². The molecule has 0 aliphatic rings. The van der Waals surface area contributed by atoms with Crippen molar-refractivity contribution in [3.8, 4) is 0 Å². The highest BCUT2D eigenvalue weighted by Crippen LogP contribution is 2.08. The third-order valence-corrected chi connectivity index (χ3v) is 2.13. The average Bonchev–Trinajstić information content (AvgIpc) is 2.20. The minimum absolute atomic E-state index is 0. The average molecular weight is 189 g/mol. The molecule has 0 aliphatic carbocycles. The summed E-state index contributed by atoms with van der Waals surface area (Å²) in [4.78, 5) is 0. The second-order valence-corrected chi connectivity index (χ2v) is 3.27. The molecular weight excluding hydrogens is 158 g/mol. The lowest BCUT2D eigenvalue weighted by Gasteiger charge is -2.13. The van der Waals surface area contributed by atoms with Gasteiger partial charge in [0.1, 0.15) is 0 Å². The molecule has 0 heterocycles. The molecular formula is C12H31N. The van der Waals surface area contributed by atoms with E-state index in [0.717, 1.165) is 5.92 Å². The second-order valence-electron chi connectivity index (χ2n) is 3.27. The largest absolute Gasteiger partial charge is 0.316 e. The van der Waals surface area contributed by atoms with Crippen molar-refractivity contribution in [2.45, 2.75) is 60.3 Å². The molecule has 0 saturated carbocycles. The van der Waals surface area contributed by atoms with E-state index in [0.29, 0.717) is 0 Å². The molecule has 0 aliphatic heterocycles. The molecule has 1 atom stereocenters. The summed E-state index contributed by atoms with van der Waals surface area (Å²) in [6, 6.07) is 0. The van der Waals surface area contributed by atoms with E-state index in [1.54, 1.807) is 0 Å². The molecule has 0 fully saturated rings. The van der Waals surface area contributed by atoms with Crippen LogP contribution >= 0.6 is 0 Å². The van der Waals surface area contributed by atoms with Crippen molar-refractivity contribution in [3.63, 3.8) is 0 Å². The summed E-state index contributed by atoms with van der Waals surface area (Å²) in [5.74, 6) is 0.909. The summed E-state index contributed by atoms with van der Waals surface area (Å²) in [7, 11) is 0. The van der Waals surface area contributed by atoms with E-state index in [1.165, 1.54) is 38.8 Å². The molecule has 0 radical (unpaired) electrons. The van der Waals surface area contributed by atoms with Gasteiger partial charge < -0.3 is 5.32 Å². The van der Waals surface area contributed by atoms with E-state index in [9.17, 15) is 0 Å². The molecule has 0 bridgehead atoms. The Labute approximate surface area is 86.8 Å². The SMILES string of the molecule is CC.CCCNCC(CC)CCC.[HH]. The highest BCUT2D eigenvalue weighted by atomic mass is 14.8. The molecule has 0 aromatic heterocycles. The van der Waals surface area contributed by atoms with E-state index >= 15 is 0 Å². The minimum Gasteiger partial charge on any atom is -0.316 e. The normalized spacial score (nSPS) is 11.8. The van der Waals surface area contributed by atoms with Crippen molar-refractivity contribution in [2.75, 3.05) is 13.1 Å². The Kier molecular flexibility index (Phi) is 17.2. The first-order valence-electron chi connectivity index (χ1n) is 6.05. The first kappa shape index (κ1) is 15.4. The standard InChI is InChI=1S/C10H23N.C2H6.H2/c1-4-7-10(6-3)9-11-8-5-2;1-2;/h10-11H,4-9H2,1-3H3;1-2H3;1H. The molecule has 0 aromatic rings. The van der Waals surface area contributed by atoms with E-state index in [1.807, 2.05) is 13.8 Å². The van der Waals surface area contributed by atoms with Crippen LogP contribution in [0.1, 0.15) is 61.7 Å². The summed E-state index contributed by atoms with van der Waals surface area (Å²) in [5, 5.41) is 3.47. The van der Waals surface area contributed by atoms with E-state index in [-0.39, 0.29) is 1.43 Å². The third-order valence-electron chi connectivity index (χ3n) is 2.13. The van der Waals surface area contributed by atoms with Gasteiger partial charge >= 0.3 is 0 Å². The first-order chi connectivity index (χ1) is 6.35. The Morgan fingerprint density at radius 1 is 1.08 bits per heavy atom. The highest BCUT2D eigenvalue weighted by molar-refractivity contribution is 4.59. The number of nitrogens with one attached hydrogen (secondary N) is 1. The van der Waals surface area contributed by atoms with Crippen LogP contribution in [0.15, 0.2) is 0 Å². The lowest BCUT2D eigenvalue weighted by Crippen LogP contribution is -2.23. The van der Waals surface area contributed by atoms with Crippen molar-refractivity contribution in [2.24, 2.45) is 5.92 Å². The Balaban J connectivity index is -0.000000376. The van der Waals surface area contributed by atoms with Gasteiger partial charge in [0.25, 0.3) is 0 Å². The molecule has 1 nitrogen and oxygen atoms in total. The second kappa shape index (κ2) is 14.5. The molecule has 1 unspecified atom stereocenters. The van der Waals surface area contributed by atoms with Crippen molar-refractivity contribution < 1.29 is 1.43 Å². The van der Waals surface area contributed by atoms with Crippen LogP contribution in [0.4, 0.5) is 0 Å². The molecule has 1 N–H and O–H groups in total. The summed E-state index contributed by atoms with van der Waals surface area (Å²) < 4.78 is 0. The molecule has 0 aromatic carbocycles. The molecule has 0 rings (SSSR count). The highest BCUT2D eigenvalue weighted by Gasteiger charge is 2.02. The van der Waals surface area contributed by atoms with Gasteiger partial charge in [-0.15, -0.1) is 0 Å². The van der Waals surface area contributed by atoms with Crippen molar-refractivity contribution in [3.05, 3.63) is 0 Å². The maximum Gasteiger partial charge on any atom is 0 e. The predicted octanol–water partition coefficient (Wildman–Crippen LogP) is 4.08. The Bertz CT molecular complexity index is 76.7. The minimum atomic E-state index is 0. The summed E-state index contributed by atoms with van der Waals surface area (Å²) in [6.45, 7) is 13.2. The summed E-state index contributed by atoms with van der Waals surface area (Å²) in [5.41, 5.74) is 0. The molecule has 0 amide bonds. The van der Waals surface area contributed by atoms with Gasteiger partial charge in [0.05, 0.1) is 0 Å². The van der Waals surface area contributed by atoms with Crippen molar-refractivity contribution >= 4 is 0 Å². The van der Waals surface area contributed by atoms with Gasteiger partial charge in [-0.25, -0.2) is 0 Å². The smallest absolute Gasteiger partial charge is 0 e. The molecule has 0 saturated heterocycles. The van der Waals surface area contributed by atoms with Gasteiger partial charge in [0.15, 0.2) is 0 Å². The quantitative estimate of drug-likeness (QED) is 0.595. The fourth-order valence-corrected chi connectivity index (χ4v) is 1.34. The zero-order chi connectivity index (χ0) is 10.5. The Morgan fingerprint density at radius 3 is 2.08 bits per heavy atom. The zero-order valence-corrected chi connectivity index (χ0v) is 10.3. The monoisotopic (exact) mass is 189 g/mol. The van der Waals surface area contributed by atoms with Gasteiger partial charge in [-0.05, 0) is 31.8 Å². The Morgan fingerprint density at radius 2 is 1.69 bits per heavy atom. The van der Waals surface area contributed by atoms with E-state index in [4.69, 9.17) is 0 Å². The topological polar surface area (TPSA) is 12.0 Å². The van der Waals surface area contributed by atoms with Crippen LogP contribution in [0.25, 0.3) is 0 Å². The summed E-state index contributed by atoms with van der Waals surface area (Å²) in [6.07, 6.45) is 5.28. The van der Waals surface area contributed by atoms with Crippen LogP contribution in [0, 0.1) is 5.92 Å². The fraction of sp³-hybridized carbons (Fsp3) is 1.00. The van der Waals surface area contributed by atoms with Crippen molar-refractivity contribution in [1.29, 1.82) is 0 Å². The van der Waals surface area contributed by atoms with Gasteiger partial charge in [0, 0.05) is 1.43 Å². The van der Waals surface area contributed by atoms with Gasteiger partial charge in [-0.3, -0.25) is 0 Å². The third kappa shape index (κ3) is 12.0. The molecule has 0 spiro atoms. The van der Waals surface area contributed by atoms with Crippen LogP contribution in [-0.2, 0) is 0 Å². The van der Waals surface area contributed by atoms with Crippen LogP contribution in [0.2, 0.25) is 0 Å². The molecule has 1 heteroatoms. The maximum absolute atomic E-state index is 3.47. The lowest BCUT2D eigenvalue weighted by molar-refractivity contribution is 0.429. The van der Waals surface area contributed by atoms with Crippen LogP contribution in [-0.4, -0.2) is 13.1 Å². The lowest BCUT2D eigenvalue weighted by atomic mass is 10.0. The number of hydrogen-bond donors (Lipinski definition) is 1. The Hall–Kier alpha value is -0.0400. The van der Waals surface area contributed by atoms with Gasteiger partial charge in [-0.1, -0.05) is 47.5 Å². The summed E-state index contributed by atoms with van der Waals surface area (Å²) >= 11 is 0. The van der Waals surface area contributed by atoms with Gasteiger partial charge in [0.2, 0.25) is 0 Å². The van der Waals surface area contributed by atoms with Crippen molar-refractivity contribution in [1.82, 2.24) is 5.32 Å². The predicted molar refractivity (Wildman–Crippen MR) is 65.3 cm³/mol. The van der Waals surface area contributed by atoms with E-state index < -0.39 is 0 Å². The first-order valence-corrected chi connectivity index (χ1v) is 6.05. The molecule has 13 heavy (non-hydrogen) atoms. The zero-order valence-electron chi connectivity index (χ0n) is 10.3. The number of rotatable bonds is 7. The van der Waals surface area contributed by atoms with E-state index in [2.05, 4.69) is 26.1 Å². The van der Waals surface area contributed by atoms with Gasteiger partial charge in [-0.2, -0.15) is 0 Å². The van der Waals surface area contributed by atoms with Crippen LogP contribution in [0.3, 0.4) is 0 Å². The number of hydrogen-bond acceptors (Lipinski definition) is 1. The molecule has 84 valence electrons.